The Morgan fingerprint density at radius 3 is 1.81 bits per heavy atom. The van der Waals surface area contributed by atoms with Crippen molar-refractivity contribution in [2.24, 2.45) is 0 Å². The smallest absolute Gasteiger partial charge is 0.127 e. The molecule has 1 heterocycles. The topological polar surface area (TPSA) is 79.4 Å². The summed E-state index contributed by atoms with van der Waals surface area (Å²) in [5.41, 5.74) is 2.45. The van der Waals surface area contributed by atoms with Gasteiger partial charge >= 0.3 is 0 Å². The van der Waals surface area contributed by atoms with E-state index in [2.05, 4.69) is 20.9 Å². The number of nitrogens with zero attached hydrogens (tertiary/aromatic N) is 2. The summed E-state index contributed by atoms with van der Waals surface area (Å²) in [6, 6.07) is 14.9. The zero-order valence-corrected chi connectivity index (χ0v) is 23.4. The van der Waals surface area contributed by atoms with Gasteiger partial charge in [0, 0.05) is 54.1 Å². The molecule has 0 spiro atoms. The molecule has 36 heavy (non-hydrogen) atoms. The van der Waals surface area contributed by atoms with E-state index in [9.17, 15) is 4.21 Å². The van der Waals surface area contributed by atoms with Crippen LogP contribution in [-0.2, 0) is 28.8 Å². The van der Waals surface area contributed by atoms with E-state index in [1.807, 2.05) is 52.8 Å². The number of methoxy groups -OCH3 is 5. The van der Waals surface area contributed by atoms with Gasteiger partial charge in [-0.3, -0.25) is 4.98 Å². The maximum Gasteiger partial charge on any atom is 0.127 e. The quantitative estimate of drug-likeness (QED) is 0.284. The molecule has 1 aromatic heterocycles. The summed E-state index contributed by atoms with van der Waals surface area (Å²) in [5, 5.41) is 0. The van der Waals surface area contributed by atoms with Gasteiger partial charge in [-0.2, -0.15) is 0 Å². The number of benzene rings is 2. The first kappa shape index (κ1) is 27.9. The zero-order valence-electron chi connectivity index (χ0n) is 21.0. The van der Waals surface area contributed by atoms with Crippen LogP contribution in [0, 0.1) is 0 Å². The molecule has 0 bridgehead atoms. The highest BCUT2D eigenvalue weighted by Gasteiger charge is 2.24. The third kappa shape index (κ3) is 7.19. The van der Waals surface area contributed by atoms with E-state index in [1.165, 1.54) is 0 Å². The van der Waals surface area contributed by atoms with Gasteiger partial charge in [0.1, 0.15) is 29.1 Å². The van der Waals surface area contributed by atoms with Crippen LogP contribution in [0.1, 0.15) is 22.9 Å². The molecule has 2 unspecified atom stereocenters. The van der Waals surface area contributed by atoms with Crippen LogP contribution in [-0.4, -0.2) is 54.8 Å². The highest BCUT2D eigenvalue weighted by atomic mass is 79.9. The van der Waals surface area contributed by atoms with Crippen LogP contribution < -0.4 is 18.9 Å². The number of hydrogen-bond acceptors (Lipinski definition) is 7. The minimum atomic E-state index is -1.45. The van der Waals surface area contributed by atoms with Gasteiger partial charge < -0.3 is 23.7 Å². The largest absolute Gasteiger partial charge is 0.497 e. The molecule has 0 fully saturated rings. The van der Waals surface area contributed by atoms with Crippen molar-refractivity contribution in [1.82, 2.24) is 9.29 Å². The van der Waals surface area contributed by atoms with Crippen molar-refractivity contribution in [3.8, 4) is 23.0 Å². The highest BCUT2D eigenvalue weighted by Crippen LogP contribution is 2.30. The second-order valence-corrected chi connectivity index (χ2v) is 10.2. The number of halogens is 1. The maximum absolute atomic E-state index is 13.8. The Morgan fingerprint density at radius 1 is 0.833 bits per heavy atom. The Balaban J connectivity index is 1.93. The molecule has 194 valence electrons. The fourth-order valence-electron chi connectivity index (χ4n) is 3.63. The highest BCUT2D eigenvalue weighted by molar-refractivity contribution is 9.10. The minimum absolute atomic E-state index is 0.224. The molecule has 0 aliphatic carbocycles. The van der Waals surface area contributed by atoms with Crippen molar-refractivity contribution in [3.05, 3.63) is 76.0 Å². The molecule has 0 saturated heterocycles. The zero-order chi connectivity index (χ0) is 26.1. The molecule has 0 N–H and O–H groups in total. The lowest BCUT2D eigenvalue weighted by atomic mass is 10.1. The Hall–Kier alpha value is -2.66. The van der Waals surface area contributed by atoms with Crippen LogP contribution in [0.15, 0.2) is 59.2 Å². The van der Waals surface area contributed by atoms with Gasteiger partial charge in [0.2, 0.25) is 0 Å². The van der Waals surface area contributed by atoms with E-state index in [0.29, 0.717) is 41.8 Å². The van der Waals surface area contributed by atoms with Gasteiger partial charge in [-0.15, -0.1) is 0 Å². The lowest BCUT2D eigenvalue weighted by Crippen LogP contribution is -2.30. The molecule has 0 aliphatic rings. The standard InChI is InChI=1S/C26H31BrN2O6S/c1-31-21-9-6-18(24(12-21)33-3)15-29(16-19-7-10-22(32-2)13-25(19)34-4)36(30)17-26(35-5)23-11-8-20(27)14-28-23/h6-14,26H,15-17H2,1-5H3. The van der Waals surface area contributed by atoms with E-state index >= 15 is 0 Å². The summed E-state index contributed by atoms with van der Waals surface area (Å²) in [6.07, 6.45) is 1.25. The molecule has 0 saturated carbocycles. The molecule has 3 rings (SSSR count). The number of hydrogen-bond donors (Lipinski definition) is 0. The van der Waals surface area contributed by atoms with Gasteiger partial charge in [0.25, 0.3) is 0 Å². The molecule has 8 nitrogen and oxygen atoms in total. The monoisotopic (exact) mass is 578 g/mol. The van der Waals surface area contributed by atoms with Crippen LogP contribution in [0.25, 0.3) is 0 Å². The third-order valence-electron chi connectivity index (χ3n) is 5.63. The second-order valence-electron chi connectivity index (χ2n) is 7.77. The average Bonchev–Trinajstić information content (AvgIpc) is 2.91. The summed E-state index contributed by atoms with van der Waals surface area (Å²) >= 11 is 3.40. The van der Waals surface area contributed by atoms with Gasteiger partial charge in [0.05, 0.1) is 50.9 Å². The number of rotatable bonds is 13. The summed E-state index contributed by atoms with van der Waals surface area (Å²) < 4.78 is 44.0. The van der Waals surface area contributed by atoms with Crippen LogP contribution in [0.4, 0.5) is 0 Å². The molecule has 10 heteroatoms. The fraction of sp³-hybridized carbons (Fsp3) is 0.346. The molecule has 0 amide bonds. The molecule has 0 aliphatic heterocycles. The SMILES string of the molecule is COc1ccc(CN(Cc2ccc(OC)cc2OC)S(=O)CC(OC)c2ccc(Br)cn2)c(OC)c1. The van der Waals surface area contributed by atoms with E-state index in [0.717, 1.165) is 15.6 Å². The maximum atomic E-state index is 13.8. The van der Waals surface area contributed by atoms with Gasteiger partial charge in [-0.05, 0) is 40.2 Å². The Kier molecular flexibility index (Phi) is 10.5. The van der Waals surface area contributed by atoms with E-state index in [-0.39, 0.29) is 5.75 Å². The van der Waals surface area contributed by atoms with Crippen molar-refractivity contribution in [2.75, 3.05) is 41.3 Å². The predicted molar refractivity (Wildman–Crippen MR) is 143 cm³/mol. The lowest BCUT2D eigenvalue weighted by molar-refractivity contribution is 0.118. The first-order valence-electron chi connectivity index (χ1n) is 11.1. The third-order valence-corrected chi connectivity index (χ3v) is 7.52. The van der Waals surface area contributed by atoms with Crippen LogP contribution in [0.2, 0.25) is 0 Å². The first-order valence-corrected chi connectivity index (χ1v) is 13.2. The van der Waals surface area contributed by atoms with Gasteiger partial charge in [-0.25, -0.2) is 8.51 Å². The van der Waals surface area contributed by atoms with Crippen molar-refractivity contribution in [1.29, 1.82) is 0 Å². The molecular formula is C26H31BrN2O6S. The Bertz CT molecular complexity index is 1100. The molecule has 2 atom stereocenters. The lowest BCUT2D eigenvalue weighted by Gasteiger charge is -2.25. The number of aromatic nitrogens is 1. The number of pyridine rings is 1. The van der Waals surface area contributed by atoms with E-state index in [1.54, 1.807) is 41.7 Å². The minimum Gasteiger partial charge on any atom is -0.497 e. The second kappa shape index (κ2) is 13.6. The fourth-order valence-corrected chi connectivity index (χ4v) is 5.21. The summed E-state index contributed by atoms with van der Waals surface area (Å²) in [6.45, 7) is 0.721. The average molecular weight is 580 g/mol. The van der Waals surface area contributed by atoms with Crippen LogP contribution in [0.5, 0.6) is 23.0 Å². The van der Waals surface area contributed by atoms with E-state index < -0.39 is 17.1 Å². The van der Waals surface area contributed by atoms with E-state index in [4.69, 9.17) is 23.7 Å². The van der Waals surface area contributed by atoms with Crippen LogP contribution >= 0.6 is 15.9 Å². The van der Waals surface area contributed by atoms with Crippen molar-refractivity contribution < 1.29 is 27.9 Å². The normalized spacial score (nSPS) is 12.8. The molecule has 0 radical (unpaired) electrons. The first-order chi connectivity index (χ1) is 17.4. The van der Waals surface area contributed by atoms with Crippen molar-refractivity contribution in [2.45, 2.75) is 19.2 Å². The molecular weight excluding hydrogens is 548 g/mol. The van der Waals surface area contributed by atoms with Gasteiger partial charge in [0.15, 0.2) is 0 Å². The predicted octanol–water partition coefficient (Wildman–Crippen LogP) is 4.93. The molecule has 3 aromatic rings. The summed E-state index contributed by atoms with van der Waals surface area (Å²) in [4.78, 5) is 4.43. The van der Waals surface area contributed by atoms with Crippen molar-refractivity contribution >= 4 is 26.9 Å². The Labute approximate surface area is 223 Å². The van der Waals surface area contributed by atoms with Crippen LogP contribution in [0.3, 0.4) is 0 Å². The Morgan fingerprint density at radius 2 is 1.39 bits per heavy atom. The molecule has 2 aromatic carbocycles. The van der Waals surface area contributed by atoms with Gasteiger partial charge in [-0.1, -0.05) is 12.1 Å². The van der Waals surface area contributed by atoms with Crippen molar-refractivity contribution in [3.63, 3.8) is 0 Å². The number of ether oxygens (including phenoxy) is 5. The summed E-state index contributed by atoms with van der Waals surface area (Å²) in [7, 11) is 6.56. The summed E-state index contributed by atoms with van der Waals surface area (Å²) in [5.74, 6) is 2.88.